The van der Waals surface area contributed by atoms with Crippen molar-refractivity contribution in [3.8, 4) is 0 Å². The number of fused-ring (bicyclic) bond motifs is 1. The summed E-state index contributed by atoms with van der Waals surface area (Å²) in [6.45, 7) is 5.44. The third-order valence-corrected chi connectivity index (χ3v) is 4.07. The molecule has 0 saturated carbocycles. The SMILES string of the molecule is CCCN(c1nccc2c1ncn2C)C1CCCNC1. The maximum Gasteiger partial charge on any atom is 0.157 e. The van der Waals surface area contributed by atoms with Crippen molar-refractivity contribution in [2.75, 3.05) is 24.5 Å². The summed E-state index contributed by atoms with van der Waals surface area (Å²) < 4.78 is 2.06. The van der Waals surface area contributed by atoms with Gasteiger partial charge in [-0.2, -0.15) is 0 Å². The van der Waals surface area contributed by atoms with E-state index in [-0.39, 0.29) is 0 Å². The molecule has 0 amide bonds. The van der Waals surface area contributed by atoms with Crippen molar-refractivity contribution in [3.05, 3.63) is 18.6 Å². The monoisotopic (exact) mass is 273 g/mol. The maximum absolute atomic E-state index is 4.64. The van der Waals surface area contributed by atoms with Gasteiger partial charge in [-0.3, -0.25) is 0 Å². The molecule has 3 rings (SSSR count). The van der Waals surface area contributed by atoms with E-state index in [1.807, 2.05) is 25.6 Å². The van der Waals surface area contributed by atoms with Gasteiger partial charge in [0.15, 0.2) is 5.82 Å². The van der Waals surface area contributed by atoms with Crippen molar-refractivity contribution in [1.29, 1.82) is 0 Å². The van der Waals surface area contributed by atoms with Gasteiger partial charge in [0.1, 0.15) is 5.52 Å². The number of rotatable bonds is 4. The molecule has 3 heterocycles. The summed E-state index contributed by atoms with van der Waals surface area (Å²) in [5.74, 6) is 1.04. The van der Waals surface area contributed by atoms with Gasteiger partial charge >= 0.3 is 0 Å². The fourth-order valence-corrected chi connectivity index (χ4v) is 3.06. The van der Waals surface area contributed by atoms with E-state index in [9.17, 15) is 0 Å². The number of nitrogens with one attached hydrogen (secondary N) is 1. The van der Waals surface area contributed by atoms with E-state index < -0.39 is 0 Å². The van der Waals surface area contributed by atoms with Gasteiger partial charge in [0.25, 0.3) is 0 Å². The molecule has 2 aromatic rings. The number of imidazole rings is 1. The molecule has 1 fully saturated rings. The minimum absolute atomic E-state index is 0.531. The zero-order valence-corrected chi connectivity index (χ0v) is 12.3. The van der Waals surface area contributed by atoms with Crippen molar-refractivity contribution < 1.29 is 0 Å². The van der Waals surface area contributed by atoms with E-state index in [1.165, 1.54) is 12.8 Å². The van der Waals surface area contributed by atoms with Crippen LogP contribution in [0.3, 0.4) is 0 Å². The minimum Gasteiger partial charge on any atom is -0.351 e. The Morgan fingerprint density at radius 2 is 2.35 bits per heavy atom. The number of nitrogens with zero attached hydrogens (tertiary/aromatic N) is 4. The number of anilines is 1. The van der Waals surface area contributed by atoms with Crippen LogP contribution < -0.4 is 10.2 Å². The fraction of sp³-hybridized carbons (Fsp3) is 0.600. The van der Waals surface area contributed by atoms with Crippen LogP contribution in [-0.2, 0) is 7.05 Å². The Bertz CT molecular complexity index is 571. The normalized spacial score (nSPS) is 19.4. The van der Waals surface area contributed by atoms with E-state index in [4.69, 9.17) is 0 Å². The Balaban J connectivity index is 2.00. The Kier molecular flexibility index (Phi) is 3.87. The minimum atomic E-state index is 0.531. The third kappa shape index (κ3) is 2.38. The number of aryl methyl sites for hydroxylation is 1. The molecule has 2 aromatic heterocycles. The van der Waals surface area contributed by atoms with Crippen molar-refractivity contribution in [2.45, 2.75) is 32.2 Å². The molecule has 0 aromatic carbocycles. The summed E-state index contributed by atoms with van der Waals surface area (Å²) in [7, 11) is 2.03. The molecule has 5 nitrogen and oxygen atoms in total. The lowest BCUT2D eigenvalue weighted by molar-refractivity contribution is 0.429. The number of pyridine rings is 1. The molecule has 1 saturated heterocycles. The number of piperidine rings is 1. The van der Waals surface area contributed by atoms with Gasteiger partial charge in [0.2, 0.25) is 0 Å². The van der Waals surface area contributed by atoms with Crippen LogP contribution in [0.15, 0.2) is 18.6 Å². The smallest absolute Gasteiger partial charge is 0.157 e. The van der Waals surface area contributed by atoms with E-state index in [1.54, 1.807) is 0 Å². The van der Waals surface area contributed by atoms with Gasteiger partial charge in [-0.25, -0.2) is 9.97 Å². The molecule has 5 heteroatoms. The van der Waals surface area contributed by atoms with Crippen LogP contribution in [0.4, 0.5) is 5.82 Å². The Morgan fingerprint density at radius 3 is 3.10 bits per heavy atom. The van der Waals surface area contributed by atoms with Crippen LogP contribution in [0.1, 0.15) is 26.2 Å². The molecule has 108 valence electrons. The summed E-state index contributed by atoms with van der Waals surface area (Å²) in [4.78, 5) is 11.6. The highest BCUT2D eigenvalue weighted by atomic mass is 15.2. The summed E-state index contributed by atoms with van der Waals surface area (Å²) in [5.41, 5.74) is 2.17. The number of hydrogen-bond acceptors (Lipinski definition) is 4. The van der Waals surface area contributed by atoms with E-state index in [0.29, 0.717) is 6.04 Å². The van der Waals surface area contributed by atoms with Crippen molar-refractivity contribution in [1.82, 2.24) is 19.9 Å². The van der Waals surface area contributed by atoms with Crippen LogP contribution in [0.2, 0.25) is 0 Å². The van der Waals surface area contributed by atoms with Crippen LogP contribution in [0, 0.1) is 0 Å². The molecule has 0 spiro atoms. The first-order valence-corrected chi connectivity index (χ1v) is 7.54. The molecular weight excluding hydrogens is 250 g/mol. The Morgan fingerprint density at radius 1 is 1.45 bits per heavy atom. The first-order valence-electron chi connectivity index (χ1n) is 7.54. The molecule has 20 heavy (non-hydrogen) atoms. The largest absolute Gasteiger partial charge is 0.351 e. The lowest BCUT2D eigenvalue weighted by atomic mass is 10.1. The predicted octanol–water partition coefficient (Wildman–Crippen LogP) is 1.94. The summed E-state index contributed by atoms with van der Waals surface area (Å²) >= 11 is 0. The molecule has 0 bridgehead atoms. The molecule has 0 radical (unpaired) electrons. The molecule has 1 aliphatic heterocycles. The summed E-state index contributed by atoms with van der Waals surface area (Å²) in [6.07, 6.45) is 7.37. The van der Waals surface area contributed by atoms with E-state index in [2.05, 4.69) is 31.7 Å². The second-order valence-electron chi connectivity index (χ2n) is 5.55. The van der Waals surface area contributed by atoms with Gasteiger partial charge in [-0.15, -0.1) is 0 Å². The molecular formula is C15H23N5. The van der Waals surface area contributed by atoms with E-state index >= 15 is 0 Å². The lowest BCUT2D eigenvalue weighted by Gasteiger charge is -2.35. The average Bonchev–Trinajstić information content (AvgIpc) is 2.88. The topological polar surface area (TPSA) is 46.0 Å². The van der Waals surface area contributed by atoms with Gasteiger partial charge in [0.05, 0.1) is 11.8 Å². The zero-order chi connectivity index (χ0) is 13.9. The second kappa shape index (κ2) is 5.79. The molecule has 1 aliphatic rings. The first-order chi connectivity index (χ1) is 9.81. The standard InChI is InChI=1S/C15H23N5/c1-3-9-20(12-5-4-7-16-10-12)15-14-13(6-8-17-15)19(2)11-18-14/h6,8,11-12,16H,3-5,7,9-10H2,1-2H3. The second-order valence-corrected chi connectivity index (χ2v) is 5.55. The van der Waals surface area contributed by atoms with Crippen LogP contribution in [0.5, 0.6) is 0 Å². The number of aromatic nitrogens is 3. The summed E-state index contributed by atoms with van der Waals surface area (Å²) in [5, 5.41) is 3.50. The number of hydrogen-bond donors (Lipinski definition) is 1. The highest BCUT2D eigenvalue weighted by Crippen LogP contribution is 2.26. The highest BCUT2D eigenvalue weighted by Gasteiger charge is 2.23. The van der Waals surface area contributed by atoms with Crippen molar-refractivity contribution in [2.24, 2.45) is 7.05 Å². The quantitative estimate of drug-likeness (QED) is 0.924. The van der Waals surface area contributed by atoms with Crippen molar-refractivity contribution in [3.63, 3.8) is 0 Å². The van der Waals surface area contributed by atoms with Gasteiger partial charge in [0, 0.05) is 32.4 Å². The molecule has 1 atom stereocenters. The maximum atomic E-state index is 4.64. The lowest BCUT2D eigenvalue weighted by Crippen LogP contribution is -2.47. The fourth-order valence-electron chi connectivity index (χ4n) is 3.06. The van der Waals surface area contributed by atoms with Crippen LogP contribution in [-0.4, -0.2) is 40.2 Å². The third-order valence-electron chi connectivity index (χ3n) is 4.07. The van der Waals surface area contributed by atoms with E-state index in [0.717, 1.165) is 42.9 Å². The van der Waals surface area contributed by atoms with Crippen LogP contribution >= 0.6 is 0 Å². The average molecular weight is 273 g/mol. The molecule has 1 unspecified atom stereocenters. The van der Waals surface area contributed by atoms with Crippen molar-refractivity contribution >= 4 is 16.9 Å². The van der Waals surface area contributed by atoms with Gasteiger partial charge in [-0.1, -0.05) is 6.92 Å². The zero-order valence-electron chi connectivity index (χ0n) is 12.3. The Labute approximate surface area is 120 Å². The highest BCUT2D eigenvalue weighted by molar-refractivity contribution is 5.86. The predicted molar refractivity (Wildman–Crippen MR) is 82.0 cm³/mol. The Hall–Kier alpha value is -1.62. The molecule has 1 N–H and O–H groups in total. The van der Waals surface area contributed by atoms with Crippen LogP contribution in [0.25, 0.3) is 11.0 Å². The first kappa shape index (κ1) is 13.4. The van der Waals surface area contributed by atoms with Gasteiger partial charge in [-0.05, 0) is 31.9 Å². The molecule has 0 aliphatic carbocycles. The van der Waals surface area contributed by atoms with Gasteiger partial charge < -0.3 is 14.8 Å². The summed E-state index contributed by atoms with van der Waals surface area (Å²) in [6, 6.07) is 2.57.